The maximum absolute atomic E-state index is 14.0. The van der Waals surface area contributed by atoms with Gasteiger partial charge in [-0.05, 0) is 65.2 Å². The summed E-state index contributed by atoms with van der Waals surface area (Å²) < 4.78 is 27.2. The first-order valence-electron chi connectivity index (χ1n) is 12.1. The second-order valence-electron chi connectivity index (χ2n) is 9.24. The average Bonchev–Trinajstić information content (AvgIpc) is 2.85. The van der Waals surface area contributed by atoms with E-state index in [9.17, 15) is 18.0 Å². The van der Waals surface area contributed by atoms with Crippen LogP contribution in [0.3, 0.4) is 0 Å². The van der Waals surface area contributed by atoms with Crippen LogP contribution in [-0.2, 0) is 32.6 Å². The van der Waals surface area contributed by atoms with Crippen LogP contribution in [-0.4, -0.2) is 50.0 Å². The van der Waals surface area contributed by atoms with E-state index < -0.39 is 28.5 Å². The minimum Gasteiger partial charge on any atom is -0.352 e. The van der Waals surface area contributed by atoms with Crippen LogP contribution in [0.5, 0.6) is 0 Å². The van der Waals surface area contributed by atoms with Gasteiger partial charge in [-0.15, -0.1) is 0 Å². The monoisotopic (exact) mass is 619 g/mol. The van der Waals surface area contributed by atoms with Crippen molar-refractivity contribution < 1.29 is 18.0 Å². The Kier molecular flexibility index (Phi) is 10.4. The minimum absolute atomic E-state index is 0.0899. The summed E-state index contributed by atoms with van der Waals surface area (Å²) in [5, 5.41) is 3.47. The number of anilines is 1. The van der Waals surface area contributed by atoms with E-state index in [1.54, 1.807) is 48.5 Å². The SMILES string of the molecule is CC(C)NC(=O)[C@@H](Cc1ccccc1)N(Cc1ccc(Cl)cc1)C(=O)CN(c1ccccc1Br)S(C)(=O)=O. The molecule has 3 aromatic rings. The minimum atomic E-state index is -3.83. The molecule has 0 heterocycles. The van der Waals surface area contributed by atoms with Gasteiger partial charge in [0.1, 0.15) is 12.6 Å². The van der Waals surface area contributed by atoms with Crippen molar-refractivity contribution in [3.05, 3.63) is 99.5 Å². The predicted octanol–water partition coefficient (Wildman–Crippen LogP) is 5.03. The van der Waals surface area contributed by atoms with E-state index in [2.05, 4.69) is 21.2 Å². The van der Waals surface area contributed by atoms with Crippen molar-refractivity contribution in [2.45, 2.75) is 38.9 Å². The Labute approximate surface area is 238 Å². The third-order valence-corrected chi connectivity index (χ3v) is 7.82. The zero-order valence-corrected chi connectivity index (χ0v) is 24.6. The highest BCUT2D eigenvalue weighted by molar-refractivity contribution is 9.10. The molecule has 10 heteroatoms. The highest BCUT2D eigenvalue weighted by Gasteiger charge is 2.33. The fourth-order valence-electron chi connectivity index (χ4n) is 3.97. The number of hydrogen-bond donors (Lipinski definition) is 1. The lowest BCUT2D eigenvalue weighted by atomic mass is 10.0. The lowest BCUT2D eigenvalue weighted by molar-refractivity contribution is -0.140. The number of rotatable bonds is 11. The van der Waals surface area contributed by atoms with Crippen molar-refractivity contribution in [3.8, 4) is 0 Å². The highest BCUT2D eigenvalue weighted by Crippen LogP contribution is 2.28. The number of halogens is 2. The zero-order chi connectivity index (χ0) is 27.9. The molecular weight excluding hydrogens is 590 g/mol. The van der Waals surface area contributed by atoms with Gasteiger partial charge in [0.05, 0.1) is 11.9 Å². The molecule has 0 spiro atoms. The summed E-state index contributed by atoms with van der Waals surface area (Å²) in [4.78, 5) is 28.9. The van der Waals surface area contributed by atoms with E-state index in [1.165, 1.54) is 4.90 Å². The molecule has 0 unspecified atom stereocenters. The summed E-state index contributed by atoms with van der Waals surface area (Å²) >= 11 is 9.46. The van der Waals surface area contributed by atoms with Crippen LogP contribution in [0.1, 0.15) is 25.0 Å². The van der Waals surface area contributed by atoms with Gasteiger partial charge in [0.25, 0.3) is 0 Å². The number of carbonyl (C=O) groups is 2. The molecule has 0 aliphatic carbocycles. The average molecular weight is 621 g/mol. The Morgan fingerprint density at radius 3 is 2.11 bits per heavy atom. The standard InChI is InChI=1S/C28H31BrClN3O4S/c1-20(2)31-28(35)26(17-21-9-5-4-6-10-21)32(18-22-13-15-23(30)16-14-22)27(34)19-33(38(3,36)37)25-12-8-7-11-24(25)29/h4-16,20,26H,17-19H2,1-3H3,(H,31,35)/t26-/m1/s1. The Morgan fingerprint density at radius 1 is 0.921 bits per heavy atom. The molecule has 38 heavy (non-hydrogen) atoms. The Bertz CT molecular complexity index is 1350. The van der Waals surface area contributed by atoms with Gasteiger partial charge in [-0.2, -0.15) is 0 Å². The Hall–Kier alpha value is -2.88. The van der Waals surface area contributed by atoms with Gasteiger partial charge in [-0.25, -0.2) is 8.42 Å². The van der Waals surface area contributed by atoms with E-state index in [0.717, 1.165) is 21.7 Å². The zero-order valence-electron chi connectivity index (χ0n) is 21.5. The number of para-hydroxylation sites is 1. The van der Waals surface area contributed by atoms with Crippen LogP contribution in [0.15, 0.2) is 83.3 Å². The normalized spacial score (nSPS) is 12.2. The lowest BCUT2D eigenvalue weighted by Gasteiger charge is -2.34. The van der Waals surface area contributed by atoms with Gasteiger partial charge in [-0.1, -0.05) is 66.2 Å². The number of benzene rings is 3. The molecule has 0 aromatic heterocycles. The predicted molar refractivity (Wildman–Crippen MR) is 156 cm³/mol. The molecule has 202 valence electrons. The van der Waals surface area contributed by atoms with Crippen molar-refractivity contribution >= 4 is 55.1 Å². The van der Waals surface area contributed by atoms with Gasteiger partial charge in [0, 0.05) is 28.5 Å². The Morgan fingerprint density at radius 2 is 1.53 bits per heavy atom. The number of carbonyl (C=O) groups excluding carboxylic acids is 2. The largest absolute Gasteiger partial charge is 0.352 e. The summed E-state index contributed by atoms with van der Waals surface area (Å²) in [6, 6.07) is 22.1. The quantitative estimate of drug-likeness (QED) is 0.326. The maximum Gasteiger partial charge on any atom is 0.244 e. The molecule has 2 amide bonds. The van der Waals surface area contributed by atoms with Crippen molar-refractivity contribution in [2.24, 2.45) is 0 Å². The van der Waals surface area contributed by atoms with Crippen molar-refractivity contribution in [1.82, 2.24) is 10.2 Å². The van der Waals surface area contributed by atoms with Gasteiger partial charge < -0.3 is 10.2 Å². The fourth-order valence-corrected chi connectivity index (χ4v) is 5.57. The van der Waals surface area contributed by atoms with E-state index in [1.807, 2.05) is 44.2 Å². The molecule has 7 nitrogen and oxygen atoms in total. The first-order chi connectivity index (χ1) is 18.0. The third-order valence-electron chi connectivity index (χ3n) is 5.77. The van der Waals surface area contributed by atoms with Gasteiger partial charge >= 0.3 is 0 Å². The maximum atomic E-state index is 14.0. The molecule has 3 aromatic carbocycles. The second kappa shape index (κ2) is 13.3. The molecule has 0 aliphatic heterocycles. The Balaban J connectivity index is 2.06. The second-order valence-corrected chi connectivity index (χ2v) is 12.4. The van der Waals surface area contributed by atoms with E-state index in [-0.39, 0.29) is 24.9 Å². The summed E-state index contributed by atoms with van der Waals surface area (Å²) in [5.74, 6) is -0.834. The first kappa shape index (κ1) is 29.7. The molecule has 1 N–H and O–H groups in total. The summed E-state index contributed by atoms with van der Waals surface area (Å²) in [7, 11) is -3.83. The topological polar surface area (TPSA) is 86.8 Å². The number of sulfonamides is 1. The van der Waals surface area contributed by atoms with E-state index >= 15 is 0 Å². The van der Waals surface area contributed by atoms with Crippen LogP contribution in [0.25, 0.3) is 0 Å². The van der Waals surface area contributed by atoms with E-state index in [0.29, 0.717) is 15.2 Å². The molecular formula is C28H31BrClN3O4S. The number of hydrogen-bond acceptors (Lipinski definition) is 4. The molecule has 3 rings (SSSR count). The number of amides is 2. The van der Waals surface area contributed by atoms with Crippen molar-refractivity contribution in [3.63, 3.8) is 0 Å². The van der Waals surface area contributed by atoms with Gasteiger partial charge in [0.2, 0.25) is 21.8 Å². The molecule has 0 radical (unpaired) electrons. The van der Waals surface area contributed by atoms with Crippen LogP contribution in [0, 0.1) is 0 Å². The summed E-state index contributed by atoms with van der Waals surface area (Å²) in [6.07, 6.45) is 1.31. The van der Waals surface area contributed by atoms with Crippen LogP contribution >= 0.6 is 27.5 Å². The smallest absolute Gasteiger partial charge is 0.244 e. The highest BCUT2D eigenvalue weighted by atomic mass is 79.9. The van der Waals surface area contributed by atoms with Crippen LogP contribution in [0.4, 0.5) is 5.69 Å². The summed E-state index contributed by atoms with van der Waals surface area (Å²) in [5.41, 5.74) is 1.96. The first-order valence-corrected chi connectivity index (χ1v) is 15.1. The number of nitrogens with zero attached hydrogens (tertiary/aromatic N) is 2. The van der Waals surface area contributed by atoms with Gasteiger partial charge in [-0.3, -0.25) is 13.9 Å². The number of nitrogens with one attached hydrogen (secondary N) is 1. The third kappa shape index (κ3) is 8.31. The molecule has 0 saturated heterocycles. The fraction of sp³-hybridized carbons (Fsp3) is 0.286. The molecule has 0 fully saturated rings. The van der Waals surface area contributed by atoms with Crippen molar-refractivity contribution in [2.75, 3.05) is 17.1 Å². The lowest BCUT2D eigenvalue weighted by Crippen LogP contribution is -2.54. The van der Waals surface area contributed by atoms with Crippen molar-refractivity contribution in [1.29, 1.82) is 0 Å². The van der Waals surface area contributed by atoms with Crippen LogP contribution < -0.4 is 9.62 Å². The molecule has 0 aliphatic rings. The van der Waals surface area contributed by atoms with E-state index in [4.69, 9.17) is 11.6 Å². The van der Waals surface area contributed by atoms with Crippen LogP contribution in [0.2, 0.25) is 5.02 Å². The molecule has 1 atom stereocenters. The molecule has 0 saturated carbocycles. The molecule has 0 bridgehead atoms. The van der Waals surface area contributed by atoms with Gasteiger partial charge in [0.15, 0.2) is 0 Å². The summed E-state index contributed by atoms with van der Waals surface area (Å²) in [6.45, 7) is 3.31.